The van der Waals surface area contributed by atoms with E-state index < -0.39 is 0 Å². The molecule has 0 spiro atoms. The minimum atomic E-state index is -0.376. The summed E-state index contributed by atoms with van der Waals surface area (Å²) in [4.78, 5) is 13.6. The second-order valence-electron chi connectivity index (χ2n) is 5.62. The molecule has 4 nitrogen and oxygen atoms in total. The Hall–Kier alpha value is -0.770. The van der Waals surface area contributed by atoms with E-state index in [1.807, 2.05) is 25.7 Å². The molecule has 1 amide bonds. The Morgan fingerprint density at radius 1 is 1.40 bits per heavy atom. The van der Waals surface area contributed by atoms with Crippen LogP contribution in [0.1, 0.15) is 27.2 Å². The Morgan fingerprint density at radius 3 is 2.73 bits per heavy atom. The fourth-order valence-electron chi connectivity index (χ4n) is 2.47. The van der Waals surface area contributed by atoms with Crippen LogP contribution in [0.15, 0.2) is 0 Å². The van der Waals surface area contributed by atoms with Crippen LogP contribution < -0.4 is 5.32 Å². The lowest BCUT2D eigenvalue weighted by Gasteiger charge is -2.24. The fourth-order valence-corrected chi connectivity index (χ4v) is 2.47. The topological polar surface area (TPSA) is 46.1 Å². The summed E-state index contributed by atoms with van der Waals surface area (Å²) in [6, 6.07) is 0.623. The fraction of sp³-hybridized carbons (Fsp3) is 0.909. The molecule has 2 fully saturated rings. The Kier molecular flexibility index (Phi) is 2.63. The van der Waals surface area contributed by atoms with Crippen LogP contribution in [0.4, 0.5) is 4.79 Å². The number of hydrogen-bond acceptors (Lipinski definition) is 2. The summed E-state index contributed by atoms with van der Waals surface area (Å²) in [6.07, 6.45) is 1.09. The number of rotatable bonds is 0. The first-order chi connectivity index (χ1) is 6.96. The number of carbonyl (C=O) groups is 1. The summed E-state index contributed by atoms with van der Waals surface area (Å²) < 4.78 is 5.36. The van der Waals surface area contributed by atoms with Gasteiger partial charge in [-0.15, -0.1) is 0 Å². The molecule has 86 valence electrons. The molecule has 2 N–H and O–H groups in total. The van der Waals surface area contributed by atoms with Crippen molar-refractivity contribution < 1.29 is 14.8 Å². The van der Waals surface area contributed by atoms with Crippen molar-refractivity contribution >= 4 is 6.09 Å². The van der Waals surface area contributed by atoms with Crippen molar-refractivity contribution in [3.8, 4) is 0 Å². The molecule has 0 unspecified atom stereocenters. The van der Waals surface area contributed by atoms with Crippen molar-refractivity contribution in [2.45, 2.75) is 38.8 Å². The van der Waals surface area contributed by atoms with Gasteiger partial charge in [-0.25, -0.2) is 4.79 Å². The molecular formula is C11H21N2O2+. The van der Waals surface area contributed by atoms with E-state index >= 15 is 0 Å². The summed E-state index contributed by atoms with van der Waals surface area (Å²) in [5, 5.41) is 2.36. The molecule has 0 bridgehead atoms. The molecule has 2 aliphatic heterocycles. The first-order valence-corrected chi connectivity index (χ1v) is 5.77. The largest absolute Gasteiger partial charge is 0.444 e. The zero-order chi connectivity index (χ0) is 11.1. The van der Waals surface area contributed by atoms with Gasteiger partial charge < -0.3 is 15.0 Å². The van der Waals surface area contributed by atoms with Crippen LogP contribution in [0.3, 0.4) is 0 Å². The van der Waals surface area contributed by atoms with E-state index in [0.29, 0.717) is 12.0 Å². The van der Waals surface area contributed by atoms with E-state index in [4.69, 9.17) is 4.74 Å². The van der Waals surface area contributed by atoms with Crippen molar-refractivity contribution in [1.82, 2.24) is 4.90 Å². The molecule has 0 saturated carbocycles. The van der Waals surface area contributed by atoms with Gasteiger partial charge in [0.2, 0.25) is 0 Å². The van der Waals surface area contributed by atoms with Gasteiger partial charge in [0.1, 0.15) is 11.6 Å². The van der Waals surface area contributed by atoms with Gasteiger partial charge in [0, 0.05) is 18.9 Å². The summed E-state index contributed by atoms with van der Waals surface area (Å²) in [5.41, 5.74) is -0.376. The van der Waals surface area contributed by atoms with Crippen LogP contribution in [0.25, 0.3) is 0 Å². The molecule has 2 rings (SSSR count). The number of nitrogens with two attached hydrogens (primary N) is 1. The Balaban J connectivity index is 1.88. The summed E-state index contributed by atoms with van der Waals surface area (Å²) in [5.74, 6) is 0.692. The third-order valence-electron chi connectivity index (χ3n) is 3.15. The maximum atomic E-state index is 11.8. The second kappa shape index (κ2) is 3.67. The molecule has 0 radical (unpaired) electrons. The van der Waals surface area contributed by atoms with Crippen LogP contribution >= 0.6 is 0 Å². The summed E-state index contributed by atoms with van der Waals surface area (Å²) >= 11 is 0. The van der Waals surface area contributed by atoms with Crippen LogP contribution in [-0.4, -0.2) is 42.3 Å². The van der Waals surface area contributed by atoms with Gasteiger partial charge in [-0.2, -0.15) is 0 Å². The molecule has 2 saturated heterocycles. The van der Waals surface area contributed by atoms with Crippen LogP contribution in [0.5, 0.6) is 0 Å². The number of amides is 1. The Labute approximate surface area is 91.0 Å². The average Bonchev–Trinajstić information content (AvgIpc) is 2.56. The van der Waals surface area contributed by atoms with Crippen LogP contribution in [-0.2, 0) is 4.74 Å². The molecule has 4 heteroatoms. The monoisotopic (exact) mass is 213 g/mol. The van der Waals surface area contributed by atoms with Crippen LogP contribution in [0, 0.1) is 5.92 Å². The number of ether oxygens (including phenoxy) is 1. The smallest absolute Gasteiger partial charge is 0.410 e. The van der Waals surface area contributed by atoms with E-state index in [1.54, 1.807) is 0 Å². The highest BCUT2D eigenvalue weighted by Gasteiger charge is 2.42. The molecule has 0 aromatic carbocycles. The average molecular weight is 213 g/mol. The zero-order valence-corrected chi connectivity index (χ0v) is 9.82. The van der Waals surface area contributed by atoms with Gasteiger partial charge in [0.05, 0.1) is 13.1 Å². The standard InChI is InChI=1S/C11H20N2O2/c1-11(2,3)15-10(14)13-6-8-4-5-12-9(8)7-13/h8-9,12H,4-7H2,1-3H3/p+1/t8-,9+/m1/s1. The van der Waals surface area contributed by atoms with Gasteiger partial charge in [0.25, 0.3) is 0 Å². The normalized spacial score (nSPS) is 30.5. The number of fused-ring (bicyclic) bond motifs is 1. The highest BCUT2D eigenvalue weighted by atomic mass is 16.6. The Morgan fingerprint density at radius 2 is 2.13 bits per heavy atom. The number of nitrogens with zero attached hydrogens (tertiary/aromatic N) is 1. The zero-order valence-electron chi connectivity index (χ0n) is 9.82. The van der Waals surface area contributed by atoms with Gasteiger partial charge >= 0.3 is 6.09 Å². The van der Waals surface area contributed by atoms with Crippen molar-refractivity contribution in [2.75, 3.05) is 19.6 Å². The predicted molar refractivity (Wildman–Crippen MR) is 56.5 cm³/mol. The van der Waals surface area contributed by atoms with Gasteiger partial charge in [0.15, 0.2) is 0 Å². The molecular weight excluding hydrogens is 192 g/mol. The molecule has 0 aromatic heterocycles. The van der Waals surface area contributed by atoms with E-state index in [-0.39, 0.29) is 11.7 Å². The van der Waals surface area contributed by atoms with Crippen molar-refractivity contribution in [2.24, 2.45) is 5.92 Å². The second-order valence-corrected chi connectivity index (χ2v) is 5.62. The SMILES string of the molecule is CC(C)(C)OC(=O)N1C[C@H]2CC[NH2+][C@H]2C1. The molecule has 0 aromatic rings. The minimum Gasteiger partial charge on any atom is -0.444 e. The minimum absolute atomic E-state index is 0.148. The van der Waals surface area contributed by atoms with E-state index in [0.717, 1.165) is 13.1 Å². The maximum absolute atomic E-state index is 11.8. The first-order valence-electron chi connectivity index (χ1n) is 5.77. The number of likely N-dealkylation sites (tertiary alicyclic amines) is 1. The Bertz CT molecular complexity index is 248. The molecule has 0 aliphatic carbocycles. The number of hydrogen-bond donors (Lipinski definition) is 1. The third kappa shape index (κ3) is 2.43. The van der Waals surface area contributed by atoms with Gasteiger partial charge in [-0.3, -0.25) is 0 Å². The lowest BCUT2D eigenvalue weighted by atomic mass is 10.1. The van der Waals surface area contributed by atoms with Crippen molar-refractivity contribution in [3.63, 3.8) is 0 Å². The quantitative estimate of drug-likeness (QED) is 0.624. The lowest BCUT2D eigenvalue weighted by molar-refractivity contribution is -0.669. The van der Waals surface area contributed by atoms with Gasteiger partial charge in [-0.05, 0) is 20.8 Å². The lowest BCUT2D eigenvalue weighted by Crippen LogP contribution is -2.88. The van der Waals surface area contributed by atoms with Crippen molar-refractivity contribution in [3.05, 3.63) is 0 Å². The third-order valence-corrected chi connectivity index (χ3v) is 3.15. The molecule has 2 atom stereocenters. The predicted octanol–water partition coefficient (Wildman–Crippen LogP) is 0.189. The number of quaternary nitrogens is 1. The van der Waals surface area contributed by atoms with Crippen LogP contribution in [0.2, 0.25) is 0 Å². The summed E-state index contributed by atoms with van der Waals surface area (Å²) in [6.45, 7) is 8.70. The van der Waals surface area contributed by atoms with Crippen molar-refractivity contribution in [1.29, 1.82) is 0 Å². The molecule has 2 aliphatic rings. The highest BCUT2D eigenvalue weighted by Crippen LogP contribution is 2.22. The summed E-state index contributed by atoms with van der Waals surface area (Å²) in [7, 11) is 0. The highest BCUT2D eigenvalue weighted by molar-refractivity contribution is 5.68. The van der Waals surface area contributed by atoms with Gasteiger partial charge in [-0.1, -0.05) is 0 Å². The molecule has 2 heterocycles. The van der Waals surface area contributed by atoms with E-state index in [2.05, 4.69) is 5.32 Å². The molecule has 15 heavy (non-hydrogen) atoms. The number of carbonyl (C=O) groups excluding carboxylic acids is 1. The first kappa shape index (κ1) is 10.7. The van der Waals surface area contributed by atoms with E-state index in [1.165, 1.54) is 13.0 Å². The maximum Gasteiger partial charge on any atom is 0.410 e. The van der Waals surface area contributed by atoms with E-state index in [9.17, 15) is 4.79 Å².